The molecule has 0 saturated heterocycles. The van der Waals surface area contributed by atoms with Crippen LogP contribution in [0.25, 0.3) is 0 Å². The molecule has 2 nitrogen and oxygen atoms in total. The summed E-state index contributed by atoms with van der Waals surface area (Å²) in [5.41, 5.74) is 0. The summed E-state index contributed by atoms with van der Waals surface area (Å²) in [5, 5.41) is 3.48. The number of likely N-dealkylation sites (N-methyl/N-ethyl adjacent to an activating group) is 1. The first-order valence-electron chi connectivity index (χ1n) is 5.63. The van der Waals surface area contributed by atoms with Gasteiger partial charge in [-0.3, -0.25) is 0 Å². The van der Waals surface area contributed by atoms with Gasteiger partial charge < -0.3 is 10.2 Å². The van der Waals surface area contributed by atoms with Gasteiger partial charge >= 0.3 is 0 Å². The molecule has 0 saturated carbocycles. The van der Waals surface area contributed by atoms with Crippen LogP contribution in [-0.2, 0) is 0 Å². The summed E-state index contributed by atoms with van der Waals surface area (Å²) < 4.78 is 0. The molecule has 0 radical (unpaired) electrons. The van der Waals surface area contributed by atoms with E-state index in [0.717, 1.165) is 6.54 Å². The normalized spacial score (nSPS) is 13.6. The van der Waals surface area contributed by atoms with Crippen LogP contribution in [0.5, 0.6) is 0 Å². The Morgan fingerprint density at radius 2 is 1.92 bits per heavy atom. The van der Waals surface area contributed by atoms with E-state index in [1.807, 2.05) is 0 Å². The van der Waals surface area contributed by atoms with Crippen LogP contribution in [0, 0.1) is 0 Å². The topological polar surface area (TPSA) is 15.3 Å². The predicted octanol–water partition coefficient (Wildman–Crippen LogP) is 2.11. The highest BCUT2D eigenvalue weighted by Crippen LogP contribution is 1.95. The Labute approximate surface area is 83.7 Å². The van der Waals surface area contributed by atoms with E-state index in [4.69, 9.17) is 0 Å². The summed E-state index contributed by atoms with van der Waals surface area (Å²) >= 11 is 0. The van der Waals surface area contributed by atoms with Gasteiger partial charge in [-0.2, -0.15) is 0 Å². The maximum atomic E-state index is 3.48. The van der Waals surface area contributed by atoms with E-state index in [1.54, 1.807) is 0 Å². The molecule has 0 aromatic carbocycles. The quantitative estimate of drug-likeness (QED) is 0.584. The lowest BCUT2D eigenvalue weighted by atomic mass is 10.2. The van der Waals surface area contributed by atoms with Crippen LogP contribution in [0.1, 0.15) is 40.0 Å². The van der Waals surface area contributed by atoms with Crippen molar-refractivity contribution in [1.82, 2.24) is 10.2 Å². The Hall–Kier alpha value is -0.0800. The monoisotopic (exact) mass is 186 g/mol. The summed E-state index contributed by atoms with van der Waals surface area (Å²) in [7, 11) is 2.20. The fraction of sp³-hybridized carbons (Fsp3) is 1.00. The van der Waals surface area contributed by atoms with Crippen LogP contribution in [0.2, 0.25) is 0 Å². The molecule has 0 fully saturated rings. The van der Waals surface area contributed by atoms with E-state index in [1.165, 1.54) is 32.4 Å². The maximum absolute atomic E-state index is 3.48. The molecule has 0 bridgehead atoms. The molecule has 0 rings (SSSR count). The van der Waals surface area contributed by atoms with Crippen molar-refractivity contribution in [3.8, 4) is 0 Å². The van der Waals surface area contributed by atoms with Crippen molar-refractivity contribution >= 4 is 0 Å². The lowest BCUT2D eigenvalue weighted by molar-refractivity contribution is 0.251. The van der Waals surface area contributed by atoms with Crippen molar-refractivity contribution in [3.63, 3.8) is 0 Å². The average Bonchev–Trinajstić information content (AvgIpc) is 2.12. The molecule has 80 valence electrons. The molecule has 0 spiro atoms. The first kappa shape index (κ1) is 12.9. The van der Waals surface area contributed by atoms with Crippen LogP contribution in [0.4, 0.5) is 0 Å². The molecule has 0 aromatic heterocycles. The van der Waals surface area contributed by atoms with Gasteiger partial charge in [0.25, 0.3) is 0 Å². The highest BCUT2D eigenvalue weighted by atomic mass is 15.1. The second-order valence-electron chi connectivity index (χ2n) is 3.89. The molecule has 0 aliphatic carbocycles. The molecule has 0 amide bonds. The minimum Gasteiger partial charge on any atom is -0.315 e. The van der Waals surface area contributed by atoms with Gasteiger partial charge in [-0.15, -0.1) is 0 Å². The number of nitrogens with one attached hydrogen (secondary N) is 1. The van der Waals surface area contributed by atoms with E-state index in [9.17, 15) is 0 Å². The molecule has 0 heterocycles. The van der Waals surface area contributed by atoms with Crippen molar-refractivity contribution in [1.29, 1.82) is 0 Å². The molecule has 0 aliphatic heterocycles. The van der Waals surface area contributed by atoms with E-state index in [0.29, 0.717) is 6.04 Å². The molecule has 1 atom stereocenters. The Kier molecular flexibility index (Phi) is 8.46. The Balaban J connectivity index is 3.32. The minimum atomic E-state index is 0.664. The number of nitrogens with zero attached hydrogens (tertiary/aromatic N) is 1. The third-order valence-corrected chi connectivity index (χ3v) is 2.48. The summed E-state index contributed by atoms with van der Waals surface area (Å²) in [6, 6.07) is 0.664. The third-order valence-electron chi connectivity index (χ3n) is 2.48. The molecule has 1 unspecified atom stereocenters. The van der Waals surface area contributed by atoms with Crippen molar-refractivity contribution < 1.29 is 0 Å². The standard InChI is InChI=1S/C11H26N2/c1-5-7-8-12-10-11(3)13(4)9-6-2/h11-12H,5-10H2,1-4H3. The van der Waals surface area contributed by atoms with Gasteiger partial charge in [0.1, 0.15) is 0 Å². The predicted molar refractivity (Wildman–Crippen MR) is 60.2 cm³/mol. The summed E-state index contributed by atoms with van der Waals surface area (Å²) in [4.78, 5) is 2.42. The van der Waals surface area contributed by atoms with Crippen molar-refractivity contribution in [3.05, 3.63) is 0 Å². The van der Waals surface area contributed by atoms with E-state index < -0.39 is 0 Å². The SMILES string of the molecule is CCCCNCC(C)N(C)CCC. The Morgan fingerprint density at radius 1 is 1.23 bits per heavy atom. The number of unbranched alkanes of at least 4 members (excludes halogenated alkanes) is 1. The van der Waals surface area contributed by atoms with Crippen molar-refractivity contribution in [2.24, 2.45) is 0 Å². The zero-order valence-electron chi connectivity index (χ0n) is 9.77. The Morgan fingerprint density at radius 3 is 2.46 bits per heavy atom. The van der Waals surface area contributed by atoms with Crippen LogP contribution >= 0.6 is 0 Å². The molecular weight excluding hydrogens is 160 g/mol. The summed E-state index contributed by atoms with van der Waals surface area (Å²) in [6.07, 6.45) is 3.83. The Bertz CT molecular complexity index is 104. The average molecular weight is 186 g/mol. The molecule has 0 aliphatic rings. The molecule has 0 aromatic rings. The van der Waals surface area contributed by atoms with Crippen molar-refractivity contribution in [2.75, 3.05) is 26.7 Å². The number of hydrogen-bond donors (Lipinski definition) is 1. The zero-order valence-corrected chi connectivity index (χ0v) is 9.77. The molecule has 1 N–H and O–H groups in total. The van der Waals surface area contributed by atoms with Crippen molar-refractivity contribution in [2.45, 2.75) is 46.1 Å². The van der Waals surface area contributed by atoms with E-state index in [2.05, 4.69) is 38.0 Å². The largest absolute Gasteiger partial charge is 0.315 e. The van der Waals surface area contributed by atoms with E-state index in [-0.39, 0.29) is 0 Å². The van der Waals surface area contributed by atoms with Gasteiger partial charge in [-0.05, 0) is 39.9 Å². The lowest BCUT2D eigenvalue weighted by Crippen LogP contribution is -2.38. The second-order valence-corrected chi connectivity index (χ2v) is 3.89. The van der Waals surface area contributed by atoms with Gasteiger partial charge in [-0.25, -0.2) is 0 Å². The van der Waals surface area contributed by atoms with Crippen LogP contribution in [-0.4, -0.2) is 37.6 Å². The summed E-state index contributed by atoms with van der Waals surface area (Å²) in [6.45, 7) is 10.2. The van der Waals surface area contributed by atoms with Gasteiger partial charge in [0.15, 0.2) is 0 Å². The second kappa shape index (κ2) is 8.52. The highest BCUT2D eigenvalue weighted by molar-refractivity contribution is 4.65. The van der Waals surface area contributed by atoms with Crippen LogP contribution < -0.4 is 5.32 Å². The lowest BCUT2D eigenvalue weighted by Gasteiger charge is -2.24. The van der Waals surface area contributed by atoms with Crippen LogP contribution in [0.3, 0.4) is 0 Å². The zero-order chi connectivity index (χ0) is 10.1. The minimum absolute atomic E-state index is 0.664. The fourth-order valence-corrected chi connectivity index (χ4v) is 1.34. The molecular formula is C11H26N2. The first-order valence-corrected chi connectivity index (χ1v) is 5.63. The maximum Gasteiger partial charge on any atom is 0.0189 e. The first-order chi connectivity index (χ1) is 6.22. The number of hydrogen-bond acceptors (Lipinski definition) is 2. The van der Waals surface area contributed by atoms with Gasteiger partial charge in [-0.1, -0.05) is 20.3 Å². The van der Waals surface area contributed by atoms with Gasteiger partial charge in [0.2, 0.25) is 0 Å². The highest BCUT2D eigenvalue weighted by Gasteiger charge is 2.06. The third kappa shape index (κ3) is 7.03. The van der Waals surface area contributed by atoms with Gasteiger partial charge in [0, 0.05) is 12.6 Å². The number of rotatable bonds is 8. The molecule has 13 heavy (non-hydrogen) atoms. The smallest absolute Gasteiger partial charge is 0.0189 e. The summed E-state index contributed by atoms with van der Waals surface area (Å²) in [5.74, 6) is 0. The fourth-order valence-electron chi connectivity index (χ4n) is 1.34. The molecule has 2 heteroatoms. The van der Waals surface area contributed by atoms with E-state index >= 15 is 0 Å². The van der Waals surface area contributed by atoms with Crippen LogP contribution in [0.15, 0.2) is 0 Å². The van der Waals surface area contributed by atoms with Gasteiger partial charge in [0.05, 0.1) is 0 Å².